The molecule has 0 unspecified atom stereocenters. The quantitative estimate of drug-likeness (QED) is 0.697. The Morgan fingerprint density at radius 2 is 2.11 bits per heavy atom. The topological polar surface area (TPSA) is 60.7 Å². The maximum Gasteiger partial charge on any atom is 0.0964 e. The highest BCUT2D eigenvalue weighted by Gasteiger charge is 2.52. The van der Waals surface area contributed by atoms with E-state index in [1.807, 2.05) is 6.08 Å². The normalized spacial score (nSPS) is 36.7. The molecule has 0 aromatic heterocycles. The average molecular weight is 250 g/mol. The summed E-state index contributed by atoms with van der Waals surface area (Å²) >= 11 is 0. The Labute approximate surface area is 108 Å². The second-order valence-electron chi connectivity index (χ2n) is 6.20. The first-order chi connectivity index (χ1) is 8.34. The fourth-order valence-corrected chi connectivity index (χ4v) is 3.47. The molecule has 1 fully saturated rings. The van der Waals surface area contributed by atoms with Gasteiger partial charge < -0.3 is 15.3 Å². The highest BCUT2D eigenvalue weighted by Crippen LogP contribution is 2.55. The lowest BCUT2D eigenvalue weighted by molar-refractivity contribution is 0.0497. The molecular formula is C15H22O3. The first-order valence-electron chi connectivity index (χ1n) is 6.39. The lowest BCUT2D eigenvalue weighted by atomic mass is 9.73. The summed E-state index contributed by atoms with van der Waals surface area (Å²) in [7, 11) is 0. The fraction of sp³-hybridized carbons (Fsp3) is 0.600. The van der Waals surface area contributed by atoms with Gasteiger partial charge in [0.25, 0.3) is 0 Å². The summed E-state index contributed by atoms with van der Waals surface area (Å²) in [4.78, 5) is 0. The third-order valence-electron chi connectivity index (χ3n) is 4.20. The number of rotatable bonds is 2. The SMILES string of the molecule is C=C1/C(=C\CO)C(CO)=C[C@@H]2CC(C)(C)C[C@]12O. The molecule has 0 radical (unpaired) electrons. The number of aliphatic hydroxyl groups excluding tert-OH is 2. The van der Waals surface area contributed by atoms with Gasteiger partial charge in [-0.3, -0.25) is 0 Å². The van der Waals surface area contributed by atoms with Gasteiger partial charge in [0.1, 0.15) is 0 Å². The molecule has 0 aromatic carbocycles. The Kier molecular flexibility index (Phi) is 3.26. The minimum atomic E-state index is -0.927. The third kappa shape index (κ3) is 1.96. The van der Waals surface area contributed by atoms with Crippen LogP contribution >= 0.6 is 0 Å². The van der Waals surface area contributed by atoms with Gasteiger partial charge in [-0.25, -0.2) is 0 Å². The van der Waals surface area contributed by atoms with Crippen molar-refractivity contribution in [2.45, 2.75) is 32.3 Å². The van der Waals surface area contributed by atoms with Gasteiger partial charge in [0.15, 0.2) is 0 Å². The number of hydrogen-bond donors (Lipinski definition) is 3. The molecule has 1 saturated carbocycles. The van der Waals surface area contributed by atoms with Crippen LogP contribution in [0, 0.1) is 11.3 Å². The van der Waals surface area contributed by atoms with E-state index in [1.54, 1.807) is 6.08 Å². The molecule has 18 heavy (non-hydrogen) atoms. The third-order valence-corrected chi connectivity index (χ3v) is 4.20. The van der Waals surface area contributed by atoms with E-state index in [4.69, 9.17) is 5.11 Å². The van der Waals surface area contributed by atoms with Crippen molar-refractivity contribution < 1.29 is 15.3 Å². The molecule has 2 aliphatic carbocycles. The average Bonchev–Trinajstić information content (AvgIpc) is 2.53. The van der Waals surface area contributed by atoms with E-state index in [9.17, 15) is 10.2 Å². The maximum absolute atomic E-state index is 10.9. The lowest BCUT2D eigenvalue weighted by Crippen LogP contribution is -2.39. The van der Waals surface area contributed by atoms with E-state index in [0.29, 0.717) is 17.6 Å². The van der Waals surface area contributed by atoms with E-state index in [1.165, 1.54) is 0 Å². The Bertz CT molecular complexity index is 431. The van der Waals surface area contributed by atoms with Crippen LogP contribution < -0.4 is 0 Å². The smallest absolute Gasteiger partial charge is 0.0964 e. The zero-order valence-corrected chi connectivity index (χ0v) is 11.1. The van der Waals surface area contributed by atoms with Crippen molar-refractivity contribution in [1.29, 1.82) is 0 Å². The van der Waals surface area contributed by atoms with Gasteiger partial charge in [-0.1, -0.05) is 32.6 Å². The van der Waals surface area contributed by atoms with Crippen LogP contribution in [0.15, 0.2) is 35.5 Å². The van der Waals surface area contributed by atoms with Crippen molar-refractivity contribution >= 4 is 0 Å². The summed E-state index contributed by atoms with van der Waals surface area (Å²) in [5, 5.41) is 29.4. The minimum Gasteiger partial charge on any atom is -0.392 e. The Morgan fingerprint density at radius 1 is 1.44 bits per heavy atom. The van der Waals surface area contributed by atoms with E-state index in [-0.39, 0.29) is 24.5 Å². The minimum absolute atomic E-state index is 0.0120. The first kappa shape index (κ1) is 13.5. The number of hydrogen-bond acceptors (Lipinski definition) is 3. The van der Waals surface area contributed by atoms with Gasteiger partial charge in [0, 0.05) is 5.92 Å². The predicted octanol–water partition coefficient (Wildman–Crippen LogP) is 1.56. The van der Waals surface area contributed by atoms with Crippen LogP contribution in [0.1, 0.15) is 26.7 Å². The highest BCUT2D eigenvalue weighted by molar-refractivity contribution is 5.55. The molecule has 0 bridgehead atoms. The molecule has 0 amide bonds. The molecule has 2 atom stereocenters. The molecule has 3 nitrogen and oxygen atoms in total. The van der Waals surface area contributed by atoms with Gasteiger partial charge in [-0.2, -0.15) is 0 Å². The van der Waals surface area contributed by atoms with Crippen molar-refractivity contribution in [3.8, 4) is 0 Å². The molecule has 0 saturated heterocycles. The van der Waals surface area contributed by atoms with Crippen molar-refractivity contribution in [1.82, 2.24) is 0 Å². The van der Waals surface area contributed by atoms with Crippen LogP contribution in [0.3, 0.4) is 0 Å². The lowest BCUT2D eigenvalue weighted by Gasteiger charge is -2.37. The van der Waals surface area contributed by atoms with Crippen LogP contribution in [0.5, 0.6) is 0 Å². The van der Waals surface area contributed by atoms with Crippen LogP contribution in [-0.4, -0.2) is 34.1 Å². The van der Waals surface area contributed by atoms with Crippen molar-refractivity contribution in [3.63, 3.8) is 0 Å². The largest absolute Gasteiger partial charge is 0.392 e. The number of fused-ring (bicyclic) bond motifs is 1. The molecule has 0 aromatic rings. The zero-order chi connectivity index (χ0) is 13.6. The summed E-state index contributed by atoms with van der Waals surface area (Å²) in [5.74, 6) is 0.0120. The van der Waals surface area contributed by atoms with Gasteiger partial charge in [-0.15, -0.1) is 0 Å². The van der Waals surface area contributed by atoms with E-state index in [0.717, 1.165) is 12.0 Å². The summed E-state index contributed by atoms with van der Waals surface area (Å²) < 4.78 is 0. The van der Waals surface area contributed by atoms with Crippen LogP contribution in [-0.2, 0) is 0 Å². The standard InChI is InChI=1S/C15H22O3/c1-10-13(4-5-16)11(8-17)6-12-7-14(2,3)9-15(10,12)18/h4,6,12,16-18H,1,5,7-9H2,2-3H3/b13-4+/t12-,15+/m1/s1. The van der Waals surface area contributed by atoms with Crippen LogP contribution in [0.2, 0.25) is 0 Å². The van der Waals surface area contributed by atoms with E-state index >= 15 is 0 Å². The second-order valence-corrected chi connectivity index (χ2v) is 6.20. The fourth-order valence-electron chi connectivity index (χ4n) is 3.47. The molecule has 100 valence electrons. The van der Waals surface area contributed by atoms with Gasteiger partial charge in [0.2, 0.25) is 0 Å². The summed E-state index contributed by atoms with van der Waals surface area (Å²) in [5.41, 5.74) is 1.24. The van der Waals surface area contributed by atoms with Crippen molar-refractivity contribution in [3.05, 3.63) is 35.5 Å². The molecule has 2 aliphatic rings. The van der Waals surface area contributed by atoms with Crippen molar-refractivity contribution in [2.24, 2.45) is 11.3 Å². The summed E-state index contributed by atoms with van der Waals surface area (Å²) in [6.45, 7) is 8.09. The molecule has 0 aliphatic heterocycles. The predicted molar refractivity (Wildman–Crippen MR) is 70.9 cm³/mol. The van der Waals surface area contributed by atoms with E-state index in [2.05, 4.69) is 20.4 Å². The molecule has 2 rings (SSSR count). The Hall–Kier alpha value is -0.900. The summed E-state index contributed by atoms with van der Waals surface area (Å²) in [6.07, 6.45) is 5.12. The maximum atomic E-state index is 10.9. The molecule has 0 spiro atoms. The summed E-state index contributed by atoms with van der Waals surface area (Å²) in [6, 6.07) is 0. The highest BCUT2D eigenvalue weighted by atomic mass is 16.3. The van der Waals surface area contributed by atoms with Crippen LogP contribution in [0.25, 0.3) is 0 Å². The molecule has 3 N–H and O–H groups in total. The van der Waals surface area contributed by atoms with Crippen molar-refractivity contribution in [2.75, 3.05) is 13.2 Å². The van der Waals surface area contributed by atoms with Gasteiger partial charge >= 0.3 is 0 Å². The Morgan fingerprint density at radius 3 is 2.67 bits per heavy atom. The molecule has 3 heteroatoms. The van der Waals surface area contributed by atoms with Gasteiger partial charge in [0.05, 0.1) is 18.8 Å². The van der Waals surface area contributed by atoms with Gasteiger partial charge in [-0.05, 0) is 35.0 Å². The molecule has 0 heterocycles. The Balaban J connectivity index is 2.48. The molecular weight excluding hydrogens is 228 g/mol. The van der Waals surface area contributed by atoms with E-state index < -0.39 is 5.60 Å². The zero-order valence-electron chi connectivity index (χ0n) is 11.1. The first-order valence-corrected chi connectivity index (χ1v) is 6.39. The monoisotopic (exact) mass is 250 g/mol. The second kappa shape index (κ2) is 4.34. The van der Waals surface area contributed by atoms with Crippen LogP contribution in [0.4, 0.5) is 0 Å². The number of aliphatic hydroxyl groups is 3.